The molecule has 19 heavy (non-hydrogen) atoms. The zero-order chi connectivity index (χ0) is 14.3. The zero-order valence-corrected chi connectivity index (χ0v) is 12.2. The maximum Gasteiger partial charge on any atom is 0.307 e. The van der Waals surface area contributed by atoms with Crippen LogP contribution >= 0.6 is 11.8 Å². The van der Waals surface area contributed by atoms with Crippen LogP contribution in [0.25, 0.3) is 0 Å². The van der Waals surface area contributed by atoms with Crippen molar-refractivity contribution >= 4 is 28.9 Å². The molecule has 0 aliphatic carbocycles. The molecule has 1 rings (SSSR count). The van der Waals surface area contributed by atoms with E-state index >= 15 is 0 Å². The van der Waals surface area contributed by atoms with Crippen molar-refractivity contribution < 1.29 is 19.1 Å². The third-order valence-electron chi connectivity index (χ3n) is 2.82. The second-order valence-corrected chi connectivity index (χ2v) is 5.27. The van der Waals surface area contributed by atoms with Gasteiger partial charge in [0, 0.05) is 38.9 Å². The minimum atomic E-state index is -0.298. The van der Waals surface area contributed by atoms with E-state index in [0.29, 0.717) is 32.7 Å². The Balaban J connectivity index is 2.21. The molecule has 2 amide bonds. The van der Waals surface area contributed by atoms with E-state index in [1.54, 1.807) is 18.9 Å². The van der Waals surface area contributed by atoms with Crippen LogP contribution in [0.15, 0.2) is 0 Å². The number of ether oxygens (including phenoxy) is 1. The first-order valence-electron chi connectivity index (χ1n) is 6.36. The Hall–Kier alpha value is -1.24. The Morgan fingerprint density at radius 3 is 2.74 bits per heavy atom. The van der Waals surface area contributed by atoms with Crippen LogP contribution in [0.4, 0.5) is 4.79 Å². The van der Waals surface area contributed by atoms with Gasteiger partial charge in [-0.15, -0.1) is 0 Å². The Kier molecular flexibility index (Phi) is 6.69. The van der Waals surface area contributed by atoms with Gasteiger partial charge in [0.15, 0.2) is 0 Å². The number of carbonyl (C=O) groups is 3. The van der Waals surface area contributed by atoms with Crippen molar-refractivity contribution in [3.63, 3.8) is 0 Å². The third kappa shape index (κ3) is 5.50. The van der Waals surface area contributed by atoms with Crippen LogP contribution in [0.2, 0.25) is 0 Å². The van der Waals surface area contributed by atoms with Gasteiger partial charge >= 0.3 is 5.97 Å². The van der Waals surface area contributed by atoms with Crippen molar-refractivity contribution in [1.29, 1.82) is 0 Å². The lowest BCUT2D eigenvalue weighted by molar-refractivity contribution is -0.143. The number of hydrogen-bond acceptors (Lipinski definition) is 5. The monoisotopic (exact) mass is 288 g/mol. The Labute approximate surface area is 117 Å². The summed E-state index contributed by atoms with van der Waals surface area (Å²) in [5, 5.41) is 0.0435. The largest absolute Gasteiger partial charge is 0.466 e. The van der Waals surface area contributed by atoms with Gasteiger partial charge in [0.2, 0.25) is 5.91 Å². The minimum absolute atomic E-state index is 0.0435. The van der Waals surface area contributed by atoms with Crippen molar-refractivity contribution in [2.24, 2.45) is 0 Å². The predicted octanol–water partition coefficient (Wildman–Crippen LogP) is 0.957. The van der Waals surface area contributed by atoms with E-state index in [1.807, 2.05) is 0 Å². The summed E-state index contributed by atoms with van der Waals surface area (Å²) in [6.07, 6.45) is 0.500. The predicted molar refractivity (Wildman–Crippen MR) is 72.9 cm³/mol. The molecule has 1 aliphatic rings. The molecule has 0 radical (unpaired) electrons. The summed E-state index contributed by atoms with van der Waals surface area (Å²) in [6.45, 7) is 3.61. The standard InChI is InChI=1S/C12H20N2O4S/c1-3-18-11(16)5-6-13(2)10(15)4-7-14-8-9-19-12(14)17/h3-9H2,1-2H3. The van der Waals surface area contributed by atoms with Crippen LogP contribution in [0.3, 0.4) is 0 Å². The molecular formula is C12H20N2O4S. The van der Waals surface area contributed by atoms with E-state index < -0.39 is 0 Å². The average molecular weight is 288 g/mol. The van der Waals surface area contributed by atoms with Crippen LogP contribution in [-0.4, -0.2) is 66.0 Å². The number of esters is 1. The van der Waals surface area contributed by atoms with Crippen molar-refractivity contribution in [2.45, 2.75) is 19.8 Å². The number of hydrogen-bond donors (Lipinski definition) is 0. The molecule has 1 fully saturated rings. The lowest BCUT2D eigenvalue weighted by Gasteiger charge is -2.19. The normalized spacial score (nSPS) is 14.6. The third-order valence-corrected chi connectivity index (χ3v) is 3.71. The molecule has 0 aromatic heterocycles. The molecule has 1 saturated heterocycles. The van der Waals surface area contributed by atoms with Crippen molar-refractivity contribution in [3.05, 3.63) is 0 Å². The first kappa shape index (κ1) is 15.8. The highest BCUT2D eigenvalue weighted by Crippen LogP contribution is 2.17. The summed E-state index contributed by atoms with van der Waals surface area (Å²) in [5.74, 6) is 0.438. The highest BCUT2D eigenvalue weighted by Gasteiger charge is 2.22. The van der Waals surface area contributed by atoms with E-state index in [0.717, 1.165) is 5.75 Å². The molecule has 7 heteroatoms. The van der Waals surface area contributed by atoms with E-state index in [9.17, 15) is 14.4 Å². The van der Waals surface area contributed by atoms with E-state index in [2.05, 4.69) is 0 Å². The molecule has 108 valence electrons. The lowest BCUT2D eigenvalue weighted by atomic mass is 10.3. The quantitative estimate of drug-likeness (QED) is 0.653. The van der Waals surface area contributed by atoms with Crippen LogP contribution < -0.4 is 0 Å². The molecule has 0 unspecified atom stereocenters. The SMILES string of the molecule is CCOC(=O)CCN(C)C(=O)CCN1CCSC1=O. The van der Waals surface area contributed by atoms with Crippen molar-refractivity contribution in [1.82, 2.24) is 9.80 Å². The second kappa shape index (κ2) is 8.04. The van der Waals surface area contributed by atoms with E-state index in [4.69, 9.17) is 4.74 Å². The fourth-order valence-corrected chi connectivity index (χ4v) is 2.52. The summed E-state index contributed by atoms with van der Waals surface area (Å²) < 4.78 is 4.79. The fraction of sp³-hybridized carbons (Fsp3) is 0.750. The highest BCUT2D eigenvalue weighted by molar-refractivity contribution is 8.13. The van der Waals surface area contributed by atoms with Gasteiger partial charge in [-0.05, 0) is 6.92 Å². The topological polar surface area (TPSA) is 66.9 Å². The first-order chi connectivity index (χ1) is 9.04. The van der Waals surface area contributed by atoms with Crippen molar-refractivity contribution in [2.75, 3.05) is 39.0 Å². The molecular weight excluding hydrogens is 268 g/mol. The number of nitrogens with zero attached hydrogens (tertiary/aromatic N) is 2. The molecule has 0 saturated carbocycles. The molecule has 0 aromatic rings. The van der Waals surface area contributed by atoms with Gasteiger partial charge in [-0.3, -0.25) is 14.4 Å². The first-order valence-corrected chi connectivity index (χ1v) is 7.34. The molecule has 1 aliphatic heterocycles. The molecule has 0 N–H and O–H groups in total. The number of thioether (sulfide) groups is 1. The summed E-state index contributed by atoms with van der Waals surface area (Å²) >= 11 is 1.29. The number of carbonyl (C=O) groups excluding carboxylic acids is 3. The van der Waals surface area contributed by atoms with E-state index in [-0.39, 0.29) is 23.5 Å². The Morgan fingerprint density at radius 2 is 2.16 bits per heavy atom. The maximum absolute atomic E-state index is 11.8. The van der Waals surface area contributed by atoms with Crippen LogP contribution in [0.5, 0.6) is 0 Å². The molecule has 1 heterocycles. The van der Waals surface area contributed by atoms with Crippen LogP contribution in [-0.2, 0) is 14.3 Å². The zero-order valence-electron chi connectivity index (χ0n) is 11.4. The van der Waals surface area contributed by atoms with Gasteiger partial charge in [0.25, 0.3) is 5.24 Å². The lowest BCUT2D eigenvalue weighted by Crippen LogP contribution is -2.33. The van der Waals surface area contributed by atoms with Gasteiger partial charge in [0.1, 0.15) is 0 Å². The summed E-state index contributed by atoms with van der Waals surface area (Å²) in [7, 11) is 1.65. The van der Waals surface area contributed by atoms with Crippen molar-refractivity contribution in [3.8, 4) is 0 Å². The summed E-state index contributed by atoms with van der Waals surface area (Å²) in [5.41, 5.74) is 0. The number of rotatable bonds is 7. The Bertz CT molecular complexity index is 349. The highest BCUT2D eigenvalue weighted by atomic mass is 32.2. The minimum Gasteiger partial charge on any atom is -0.466 e. The smallest absolute Gasteiger partial charge is 0.307 e. The van der Waals surface area contributed by atoms with Crippen LogP contribution in [0, 0.1) is 0 Å². The summed E-state index contributed by atoms with van der Waals surface area (Å²) in [4.78, 5) is 37.5. The van der Waals surface area contributed by atoms with Gasteiger partial charge in [-0.2, -0.15) is 0 Å². The van der Waals surface area contributed by atoms with Gasteiger partial charge in [0.05, 0.1) is 13.0 Å². The molecule has 0 aromatic carbocycles. The van der Waals surface area contributed by atoms with Gasteiger partial charge < -0.3 is 14.5 Å². The molecule has 0 bridgehead atoms. The average Bonchev–Trinajstić information content (AvgIpc) is 2.79. The molecule has 0 spiro atoms. The summed E-state index contributed by atoms with van der Waals surface area (Å²) in [6, 6.07) is 0. The van der Waals surface area contributed by atoms with E-state index in [1.165, 1.54) is 16.7 Å². The molecule has 0 atom stereocenters. The maximum atomic E-state index is 11.8. The molecule has 6 nitrogen and oxygen atoms in total. The van der Waals surface area contributed by atoms with Crippen LogP contribution in [0.1, 0.15) is 19.8 Å². The second-order valence-electron chi connectivity index (χ2n) is 4.22. The fourth-order valence-electron chi connectivity index (χ4n) is 1.67. The van der Waals surface area contributed by atoms with Gasteiger partial charge in [-0.25, -0.2) is 0 Å². The van der Waals surface area contributed by atoms with Gasteiger partial charge in [-0.1, -0.05) is 11.8 Å². The Morgan fingerprint density at radius 1 is 1.42 bits per heavy atom. The number of amides is 2.